The number of nitrogen functional groups attached to an aromatic ring is 1. The standard InChI is InChI=1S/C9H14N4O2/c10-13-9-11-4-3-8(12-9)15-6-7-2-1-5-14-7/h3-4,7H,1-2,5-6,10H2,(H,11,12,13). The Morgan fingerprint density at radius 3 is 3.33 bits per heavy atom. The molecule has 3 N–H and O–H groups in total. The van der Waals surface area contributed by atoms with Crippen LogP contribution in [-0.4, -0.2) is 29.3 Å². The second-order valence-electron chi connectivity index (χ2n) is 3.31. The van der Waals surface area contributed by atoms with Crippen molar-refractivity contribution in [2.45, 2.75) is 18.9 Å². The Bertz CT molecular complexity index is 315. The van der Waals surface area contributed by atoms with Crippen molar-refractivity contribution in [3.8, 4) is 5.88 Å². The second-order valence-corrected chi connectivity index (χ2v) is 3.31. The van der Waals surface area contributed by atoms with Gasteiger partial charge in [-0.1, -0.05) is 0 Å². The average Bonchev–Trinajstić information content (AvgIpc) is 2.79. The third kappa shape index (κ3) is 2.77. The van der Waals surface area contributed by atoms with Crippen LogP contribution in [-0.2, 0) is 4.74 Å². The summed E-state index contributed by atoms with van der Waals surface area (Å²) in [6.45, 7) is 1.36. The lowest BCUT2D eigenvalue weighted by molar-refractivity contribution is 0.0663. The number of ether oxygens (including phenoxy) is 2. The summed E-state index contributed by atoms with van der Waals surface area (Å²) in [5.41, 5.74) is 2.36. The molecule has 6 heteroatoms. The van der Waals surface area contributed by atoms with Gasteiger partial charge in [0.25, 0.3) is 0 Å². The minimum atomic E-state index is 0.189. The van der Waals surface area contributed by atoms with Crippen LogP contribution in [0, 0.1) is 0 Å². The highest BCUT2D eigenvalue weighted by atomic mass is 16.5. The van der Waals surface area contributed by atoms with Crippen molar-refractivity contribution >= 4 is 5.95 Å². The normalized spacial score (nSPS) is 20.2. The first-order valence-electron chi connectivity index (χ1n) is 4.92. The van der Waals surface area contributed by atoms with Gasteiger partial charge in [0.2, 0.25) is 11.8 Å². The van der Waals surface area contributed by atoms with E-state index < -0.39 is 0 Å². The Morgan fingerprint density at radius 2 is 2.60 bits per heavy atom. The van der Waals surface area contributed by atoms with Gasteiger partial charge in [-0.05, 0) is 12.8 Å². The van der Waals surface area contributed by atoms with Crippen molar-refractivity contribution in [3.63, 3.8) is 0 Å². The predicted octanol–water partition coefficient (Wildman–Crippen LogP) is 0.320. The smallest absolute Gasteiger partial charge is 0.240 e. The molecule has 0 radical (unpaired) electrons. The van der Waals surface area contributed by atoms with Gasteiger partial charge in [-0.25, -0.2) is 10.8 Å². The molecule has 82 valence electrons. The van der Waals surface area contributed by atoms with E-state index in [1.165, 1.54) is 0 Å². The first-order valence-corrected chi connectivity index (χ1v) is 4.92. The first-order chi connectivity index (χ1) is 7.38. The Hall–Kier alpha value is -1.40. The van der Waals surface area contributed by atoms with Crippen molar-refractivity contribution < 1.29 is 9.47 Å². The highest BCUT2D eigenvalue weighted by Crippen LogP contribution is 2.14. The highest BCUT2D eigenvalue weighted by molar-refractivity contribution is 5.25. The summed E-state index contributed by atoms with van der Waals surface area (Å²) in [6.07, 6.45) is 3.93. The zero-order valence-corrected chi connectivity index (χ0v) is 8.35. The van der Waals surface area contributed by atoms with Gasteiger partial charge in [0, 0.05) is 18.9 Å². The molecule has 2 rings (SSSR count). The molecule has 1 unspecified atom stereocenters. The quantitative estimate of drug-likeness (QED) is 0.550. The molecule has 1 aliphatic rings. The summed E-state index contributed by atoms with van der Waals surface area (Å²) < 4.78 is 10.9. The molecule has 1 aromatic heterocycles. The molecule has 0 amide bonds. The van der Waals surface area contributed by atoms with E-state index in [1.807, 2.05) is 0 Å². The number of nitrogens with one attached hydrogen (secondary N) is 1. The largest absolute Gasteiger partial charge is 0.475 e. The molecule has 0 aliphatic carbocycles. The van der Waals surface area contributed by atoms with E-state index >= 15 is 0 Å². The SMILES string of the molecule is NNc1nccc(OCC2CCCO2)n1. The topological polar surface area (TPSA) is 82.3 Å². The van der Waals surface area contributed by atoms with Gasteiger partial charge in [-0.2, -0.15) is 4.98 Å². The van der Waals surface area contributed by atoms with Crippen LogP contribution in [0.5, 0.6) is 5.88 Å². The van der Waals surface area contributed by atoms with Crippen molar-refractivity contribution in [1.82, 2.24) is 9.97 Å². The highest BCUT2D eigenvalue weighted by Gasteiger charge is 2.16. The van der Waals surface area contributed by atoms with Crippen molar-refractivity contribution in [2.75, 3.05) is 18.6 Å². The van der Waals surface area contributed by atoms with Crippen LogP contribution >= 0.6 is 0 Å². The van der Waals surface area contributed by atoms with Gasteiger partial charge in [0.15, 0.2) is 0 Å². The molecule has 15 heavy (non-hydrogen) atoms. The molecular weight excluding hydrogens is 196 g/mol. The Labute approximate surface area is 87.8 Å². The number of aromatic nitrogens is 2. The monoisotopic (exact) mass is 210 g/mol. The summed E-state index contributed by atoms with van der Waals surface area (Å²) >= 11 is 0. The lowest BCUT2D eigenvalue weighted by Crippen LogP contribution is -2.17. The summed E-state index contributed by atoms with van der Waals surface area (Å²) in [6, 6.07) is 1.69. The van der Waals surface area contributed by atoms with Crippen LogP contribution in [0.25, 0.3) is 0 Å². The Kier molecular flexibility index (Phi) is 3.31. The fraction of sp³-hybridized carbons (Fsp3) is 0.556. The van der Waals surface area contributed by atoms with E-state index in [2.05, 4.69) is 15.4 Å². The van der Waals surface area contributed by atoms with Crippen molar-refractivity contribution in [2.24, 2.45) is 5.84 Å². The zero-order chi connectivity index (χ0) is 10.5. The molecule has 0 aromatic carbocycles. The van der Waals surface area contributed by atoms with E-state index in [-0.39, 0.29) is 6.10 Å². The lowest BCUT2D eigenvalue weighted by Gasteiger charge is -2.10. The van der Waals surface area contributed by atoms with Gasteiger partial charge in [-0.15, -0.1) is 0 Å². The van der Waals surface area contributed by atoms with Crippen molar-refractivity contribution in [3.05, 3.63) is 12.3 Å². The number of hydrogen-bond donors (Lipinski definition) is 2. The number of hydrogen-bond acceptors (Lipinski definition) is 6. The van der Waals surface area contributed by atoms with Gasteiger partial charge >= 0.3 is 0 Å². The van der Waals surface area contributed by atoms with E-state index in [4.69, 9.17) is 15.3 Å². The zero-order valence-electron chi connectivity index (χ0n) is 8.35. The fourth-order valence-electron chi connectivity index (χ4n) is 1.45. The molecule has 1 atom stereocenters. The second kappa shape index (κ2) is 4.90. The maximum atomic E-state index is 5.46. The van der Waals surface area contributed by atoms with E-state index in [0.29, 0.717) is 18.4 Å². The van der Waals surface area contributed by atoms with Gasteiger partial charge < -0.3 is 9.47 Å². The lowest BCUT2D eigenvalue weighted by atomic mass is 10.2. The molecule has 1 aromatic rings. The summed E-state index contributed by atoms with van der Waals surface area (Å²) in [7, 11) is 0. The fourth-order valence-corrected chi connectivity index (χ4v) is 1.45. The van der Waals surface area contributed by atoms with Crippen molar-refractivity contribution in [1.29, 1.82) is 0 Å². The average molecular weight is 210 g/mol. The molecule has 0 bridgehead atoms. The molecule has 0 spiro atoms. The summed E-state index contributed by atoms with van der Waals surface area (Å²) in [5, 5.41) is 0. The van der Waals surface area contributed by atoms with Crippen LogP contribution in [0.2, 0.25) is 0 Å². The minimum absolute atomic E-state index is 0.189. The molecular formula is C9H14N4O2. The van der Waals surface area contributed by atoms with E-state index in [0.717, 1.165) is 19.4 Å². The first kappa shape index (κ1) is 10.1. The molecule has 1 saturated heterocycles. The van der Waals surface area contributed by atoms with Gasteiger partial charge in [0.1, 0.15) is 6.61 Å². The van der Waals surface area contributed by atoms with Crippen LogP contribution in [0.1, 0.15) is 12.8 Å². The maximum absolute atomic E-state index is 5.46. The predicted molar refractivity (Wildman–Crippen MR) is 54.3 cm³/mol. The minimum Gasteiger partial charge on any atom is -0.475 e. The molecule has 1 fully saturated rings. The molecule has 1 aliphatic heterocycles. The van der Waals surface area contributed by atoms with Gasteiger partial charge in [-0.3, -0.25) is 5.43 Å². The Morgan fingerprint density at radius 1 is 1.67 bits per heavy atom. The van der Waals surface area contributed by atoms with Crippen LogP contribution in [0.3, 0.4) is 0 Å². The van der Waals surface area contributed by atoms with Gasteiger partial charge in [0.05, 0.1) is 6.10 Å². The summed E-state index contributed by atoms with van der Waals surface area (Å²) in [4.78, 5) is 7.91. The number of nitrogens with two attached hydrogens (primary N) is 1. The number of anilines is 1. The van der Waals surface area contributed by atoms with E-state index in [9.17, 15) is 0 Å². The number of rotatable bonds is 4. The molecule has 2 heterocycles. The summed E-state index contributed by atoms with van der Waals surface area (Å²) in [5.74, 6) is 6.04. The van der Waals surface area contributed by atoms with E-state index in [1.54, 1.807) is 12.3 Å². The van der Waals surface area contributed by atoms with Crippen LogP contribution < -0.4 is 16.0 Å². The third-order valence-electron chi connectivity index (χ3n) is 2.20. The van der Waals surface area contributed by atoms with Crippen LogP contribution in [0.4, 0.5) is 5.95 Å². The molecule has 6 nitrogen and oxygen atoms in total. The third-order valence-corrected chi connectivity index (χ3v) is 2.20. The number of nitrogens with zero attached hydrogens (tertiary/aromatic N) is 2. The maximum Gasteiger partial charge on any atom is 0.240 e. The van der Waals surface area contributed by atoms with Crippen LogP contribution in [0.15, 0.2) is 12.3 Å². The molecule has 0 saturated carbocycles. The Balaban J connectivity index is 1.86. The number of hydrazine groups is 1.